The predicted molar refractivity (Wildman–Crippen MR) is 55.2 cm³/mol. The van der Waals surface area contributed by atoms with E-state index in [0.717, 1.165) is 5.69 Å². The Hall–Kier alpha value is -1.53. The fourth-order valence-corrected chi connectivity index (χ4v) is 1.49. The first-order valence-corrected chi connectivity index (χ1v) is 5.05. The van der Waals surface area contributed by atoms with Gasteiger partial charge in [-0.05, 0) is 13.8 Å². The fraction of sp³-hybridized carbons (Fsp3) is 0.600. The van der Waals surface area contributed by atoms with Crippen LogP contribution in [-0.4, -0.2) is 21.9 Å². The molecular formula is C10H14F3N3O. The van der Waals surface area contributed by atoms with Gasteiger partial charge in [-0.3, -0.25) is 9.48 Å². The lowest BCUT2D eigenvalue weighted by Crippen LogP contribution is -2.30. The van der Waals surface area contributed by atoms with Gasteiger partial charge < -0.3 is 5.32 Å². The van der Waals surface area contributed by atoms with Crippen molar-refractivity contribution < 1.29 is 18.0 Å². The lowest BCUT2D eigenvalue weighted by molar-refractivity contribution is -0.154. The summed E-state index contributed by atoms with van der Waals surface area (Å²) in [6.07, 6.45) is -4.40. The van der Waals surface area contributed by atoms with Crippen LogP contribution in [0.2, 0.25) is 0 Å². The molecule has 0 spiro atoms. The van der Waals surface area contributed by atoms with Crippen molar-refractivity contribution >= 4 is 5.91 Å². The number of amides is 1. The fourth-order valence-electron chi connectivity index (χ4n) is 1.49. The van der Waals surface area contributed by atoms with Crippen LogP contribution in [-0.2, 0) is 11.8 Å². The summed E-state index contributed by atoms with van der Waals surface area (Å²) in [6.45, 7) is 3.41. The van der Waals surface area contributed by atoms with E-state index in [1.807, 2.05) is 0 Å². The van der Waals surface area contributed by atoms with E-state index in [2.05, 4.69) is 10.4 Å². The molecule has 0 aliphatic rings. The SMILES string of the molecule is Cc1c([C@@H](C)NC(=O)CC(F)(F)F)cnn1C. The number of alkyl halides is 3. The molecule has 0 saturated carbocycles. The molecule has 96 valence electrons. The second kappa shape index (κ2) is 4.77. The van der Waals surface area contributed by atoms with E-state index in [1.165, 1.54) is 6.20 Å². The second-order valence-corrected chi connectivity index (χ2v) is 3.89. The molecule has 0 aliphatic carbocycles. The van der Waals surface area contributed by atoms with Gasteiger partial charge in [-0.2, -0.15) is 18.3 Å². The molecule has 1 N–H and O–H groups in total. The van der Waals surface area contributed by atoms with Gasteiger partial charge in [0.1, 0.15) is 6.42 Å². The summed E-state index contributed by atoms with van der Waals surface area (Å²) in [5, 5.41) is 6.26. The monoisotopic (exact) mass is 249 g/mol. The summed E-state index contributed by atoms with van der Waals surface area (Å²) in [7, 11) is 1.73. The molecule has 0 saturated heterocycles. The van der Waals surface area contributed by atoms with Crippen LogP contribution in [0.5, 0.6) is 0 Å². The van der Waals surface area contributed by atoms with Crippen molar-refractivity contribution in [2.24, 2.45) is 7.05 Å². The maximum absolute atomic E-state index is 12.0. The Morgan fingerprint density at radius 3 is 2.59 bits per heavy atom. The van der Waals surface area contributed by atoms with Gasteiger partial charge in [0.05, 0.1) is 12.2 Å². The Morgan fingerprint density at radius 1 is 1.59 bits per heavy atom. The first kappa shape index (κ1) is 13.5. The summed E-state index contributed by atoms with van der Waals surface area (Å²) in [5.41, 5.74) is 1.52. The quantitative estimate of drug-likeness (QED) is 0.888. The van der Waals surface area contributed by atoms with Crippen LogP contribution in [0.4, 0.5) is 13.2 Å². The van der Waals surface area contributed by atoms with E-state index in [0.29, 0.717) is 5.56 Å². The minimum Gasteiger partial charge on any atom is -0.349 e. The van der Waals surface area contributed by atoms with E-state index in [9.17, 15) is 18.0 Å². The van der Waals surface area contributed by atoms with Gasteiger partial charge in [0.2, 0.25) is 5.91 Å². The molecule has 17 heavy (non-hydrogen) atoms. The number of carbonyl (C=O) groups is 1. The van der Waals surface area contributed by atoms with E-state index >= 15 is 0 Å². The molecule has 0 radical (unpaired) electrons. The third kappa shape index (κ3) is 3.76. The average Bonchev–Trinajstić information content (AvgIpc) is 2.44. The highest BCUT2D eigenvalue weighted by Gasteiger charge is 2.31. The average molecular weight is 249 g/mol. The molecule has 1 rings (SSSR count). The third-order valence-corrected chi connectivity index (χ3v) is 2.48. The molecular weight excluding hydrogens is 235 g/mol. The van der Waals surface area contributed by atoms with Gasteiger partial charge in [0.15, 0.2) is 0 Å². The summed E-state index contributed by atoms with van der Waals surface area (Å²) < 4.78 is 37.5. The van der Waals surface area contributed by atoms with Crippen LogP contribution >= 0.6 is 0 Å². The number of aryl methyl sites for hydroxylation is 1. The molecule has 7 heteroatoms. The Morgan fingerprint density at radius 2 is 2.18 bits per heavy atom. The molecule has 0 aliphatic heterocycles. The molecule has 1 aromatic rings. The van der Waals surface area contributed by atoms with Crippen molar-refractivity contribution in [2.45, 2.75) is 32.5 Å². The molecule has 0 unspecified atom stereocenters. The molecule has 0 aromatic carbocycles. The van der Waals surface area contributed by atoms with Gasteiger partial charge >= 0.3 is 6.18 Å². The molecule has 1 heterocycles. The van der Waals surface area contributed by atoms with Gasteiger partial charge in [0, 0.05) is 18.3 Å². The van der Waals surface area contributed by atoms with Crippen LogP contribution < -0.4 is 5.32 Å². The van der Waals surface area contributed by atoms with Gasteiger partial charge in [-0.15, -0.1) is 0 Å². The number of hydrogen-bond donors (Lipinski definition) is 1. The van der Waals surface area contributed by atoms with Gasteiger partial charge in [-0.25, -0.2) is 0 Å². The first-order valence-electron chi connectivity index (χ1n) is 5.05. The van der Waals surface area contributed by atoms with E-state index < -0.39 is 24.5 Å². The zero-order valence-electron chi connectivity index (χ0n) is 9.80. The number of rotatable bonds is 3. The van der Waals surface area contributed by atoms with Crippen molar-refractivity contribution in [2.75, 3.05) is 0 Å². The molecule has 1 amide bonds. The highest BCUT2D eigenvalue weighted by Crippen LogP contribution is 2.21. The minimum atomic E-state index is -4.48. The molecule has 1 atom stereocenters. The van der Waals surface area contributed by atoms with Crippen molar-refractivity contribution in [1.29, 1.82) is 0 Å². The molecule has 0 fully saturated rings. The zero-order chi connectivity index (χ0) is 13.2. The Balaban J connectivity index is 2.64. The summed E-state index contributed by atoms with van der Waals surface area (Å²) in [6, 6.07) is -0.487. The molecule has 0 bridgehead atoms. The number of nitrogens with one attached hydrogen (secondary N) is 1. The standard InChI is InChI=1S/C10H14F3N3O/c1-6(8-5-14-16(3)7(8)2)15-9(17)4-10(11,12)13/h5-6H,4H2,1-3H3,(H,15,17)/t6-/m1/s1. The lowest BCUT2D eigenvalue weighted by atomic mass is 10.1. The van der Waals surface area contributed by atoms with Crippen molar-refractivity contribution in [3.05, 3.63) is 17.5 Å². The van der Waals surface area contributed by atoms with E-state index in [4.69, 9.17) is 0 Å². The topological polar surface area (TPSA) is 46.9 Å². The smallest absolute Gasteiger partial charge is 0.349 e. The number of hydrogen-bond acceptors (Lipinski definition) is 2. The zero-order valence-corrected chi connectivity index (χ0v) is 9.80. The highest BCUT2D eigenvalue weighted by atomic mass is 19.4. The largest absolute Gasteiger partial charge is 0.397 e. The van der Waals surface area contributed by atoms with Crippen LogP contribution in [0.25, 0.3) is 0 Å². The van der Waals surface area contributed by atoms with E-state index in [1.54, 1.807) is 25.6 Å². The maximum Gasteiger partial charge on any atom is 0.397 e. The minimum absolute atomic E-state index is 0.487. The summed E-state index contributed by atoms with van der Waals surface area (Å²) in [4.78, 5) is 11.1. The number of aromatic nitrogens is 2. The normalized spacial score (nSPS) is 13.5. The maximum atomic E-state index is 12.0. The summed E-state index contributed by atoms with van der Waals surface area (Å²) in [5.74, 6) is -1.03. The summed E-state index contributed by atoms with van der Waals surface area (Å²) >= 11 is 0. The van der Waals surface area contributed by atoms with Crippen molar-refractivity contribution in [3.8, 4) is 0 Å². The van der Waals surface area contributed by atoms with Crippen LogP contribution in [0.1, 0.15) is 30.6 Å². The van der Waals surface area contributed by atoms with Crippen LogP contribution in [0.3, 0.4) is 0 Å². The molecule has 4 nitrogen and oxygen atoms in total. The number of nitrogens with zero attached hydrogens (tertiary/aromatic N) is 2. The van der Waals surface area contributed by atoms with Crippen molar-refractivity contribution in [3.63, 3.8) is 0 Å². The van der Waals surface area contributed by atoms with E-state index in [-0.39, 0.29) is 0 Å². The highest BCUT2D eigenvalue weighted by molar-refractivity contribution is 5.77. The van der Waals surface area contributed by atoms with Crippen LogP contribution in [0, 0.1) is 6.92 Å². The number of carbonyl (C=O) groups excluding carboxylic acids is 1. The Labute approximate surface area is 96.8 Å². The predicted octanol–water partition coefficient (Wildman–Crippen LogP) is 1.86. The Bertz CT molecular complexity index is 411. The number of halogens is 3. The molecule has 1 aromatic heterocycles. The van der Waals surface area contributed by atoms with Gasteiger partial charge in [0.25, 0.3) is 0 Å². The Kier molecular flexibility index (Phi) is 3.79. The van der Waals surface area contributed by atoms with Crippen molar-refractivity contribution in [1.82, 2.24) is 15.1 Å². The first-order chi connectivity index (χ1) is 7.70. The second-order valence-electron chi connectivity index (χ2n) is 3.89. The third-order valence-electron chi connectivity index (χ3n) is 2.48. The van der Waals surface area contributed by atoms with Gasteiger partial charge in [-0.1, -0.05) is 0 Å². The van der Waals surface area contributed by atoms with Crippen LogP contribution in [0.15, 0.2) is 6.20 Å². The lowest BCUT2D eigenvalue weighted by Gasteiger charge is -2.14.